The molecule has 0 aliphatic heterocycles. The van der Waals surface area contributed by atoms with Crippen LogP contribution in [0.4, 0.5) is 18.9 Å². The number of alkyl halides is 3. The summed E-state index contributed by atoms with van der Waals surface area (Å²) in [5.74, 6) is 0.277. The largest absolute Gasteiger partial charge is 0.416 e. The Kier molecular flexibility index (Phi) is 4.61. The quantitative estimate of drug-likeness (QED) is 0.742. The van der Waals surface area contributed by atoms with Gasteiger partial charge in [-0.1, -0.05) is 26.0 Å². The minimum Gasteiger partial charge on any atom is -0.377 e. The topological polar surface area (TPSA) is 12.0 Å². The minimum atomic E-state index is -4.32. The van der Waals surface area contributed by atoms with Crippen LogP contribution < -0.4 is 5.32 Å². The maximum atomic E-state index is 13.0. The average molecular weight is 313 g/mol. The molecule has 0 radical (unpaired) electrons. The van der Waals surface area contributed by atoms with Gasteiger partial charge in [-0.3, -0.25) is 0 Å². The second-order valence-corrected chi connectivity index (χ2v) is 6.39. The Morgan fingerprint density at radius 3 is 2.38 bits per heavy atom. The first-order valence-electron chi connectivity index (χ1n) is 6.77. The first-order valence-corrected chi connectivity index (χ1v) is 7.65. The molecular weight excluding hydrogens is 295 g/mol. The molecule has 0 saturated carbocycles. The second-order valence-electron chi connectivity index (χ2n) is 5.41. The van der Waals surface area contributed by atoms with E-state index in [9.17, 15) is 13.2 Å². The zero-order chi connectivity index (χ0) is 15.6. The Labute approximate surface area is 126 Å². The van der Waals surface area contributed by atoms with Crippen molar-refractivity contribution in [2.75, 3.05) is 5.32 Å². The van der Waals surface area contributed by atoms with Crippen LogP contribution in [-0.2, 0) is 6.18 Å². The zero-order valence-electron chi connectivity index (χ0n) is 12.2. The van der Waals surface area contributed by atoms with Gasteiger partial charge in [-0.15, -0.1) is 11.3 Å². The highest BCUT2D eigenvalue weighted by atomic mass is 32.1. The Bertz CT molecular complexity index is 588. The molecule has 114 valence electrons. The smallest absolute Gasteiger partial charge is 0.377 e. The summed E-state index contributed by atoms with van der Waals surface area (Å²) in [6, 6.07) is 8.37. The monoisotopic (exact) mass is 313 g/mol. The van der Waals surface area contributed by atoms with Crippen molar-refractivity contribution in [3.05, 3.63) is 51.7 Å². The molecule has 2 aromatic rings. The predicted molar refractivity (Wildman–Crippen MR) is 81.7 cm³/mol. The average Bonchev–Trinajstić information content (AvgIpc) is 2.89. The lowest BCUT2D eigenvalue weighted by Gasteiger charge is -2.23. The molecule has 2 rings (SSSR count). The number of aryl methyl sites for hydroxylation is 1. The van der Waals surface area contributed by atoms with E-state index in [1.807, 2.05) is 17.5 Å². The molecule has 0 fully saturated rings. The Morgan fingerprint density at radius 2 is 1.86 bits per heavy atom. The maximum Gasteiger partial charge on any atom is 0.416 e. The van der Waals surface area contributed by atoms with Crippen molar-refractivity contribution in [2.45, 2.75) is 33.0 Å². The third-order valence-electron chi connectivity index (χ3n) is 3.38. The highest BCUT2D eigenvalue weighted by Crippen LogP contribution is 2.35. The van der Waals surface area contributed by atoms with Crippen molar-refractivity contribution in [1.29, 1.82) is 0 Å². The van der Waals surface area contributed by atoms with Gasteiger partial charge in [0, 0.05) is 10.6 Å². The van der Waals surface area contributed by atoms with Crippen LogP contribution in [0, 0.1) is 12.8 Å². The van der Waals surface area contributed by atoms with Crippen LogP contribution in [0.3, 0.4) is 0 Å². The van der Waals surface area contributed by atoms with E-state index in [1.165, 1.54) is 19.1 Å². The first kappa shape index (κ1) is 15.9. The third-order valence-corrected chi connectivity index (χ3v) is 4.34. The molecular formula is C16H18F3NS. The van der Waals surface area contributed by atoms with Gasteiger partial charge >= 0.3 is 6.18 Å². The van der Waals surface area contributed by atoms with Gasteiger partial charge in [0.05, 0.1) is 11.6 Å². The number of nitrogens with one attached hydrogen (secondary N) is 1. The van der Waals surface area contributed by atoms with E-state index in [4.69, 9.17) is 0 Å². The van der Waals surface area contributed by atoms with Crippen molar-refractivity contribution in [3.8, 4) is 0 Å². The molecule has 0 bridgehead atoms. The number of thiophene rings is 1. The lowest BCUT2D eigenvalue weighted by molar-refractivity contribution is -0.138. The van der Waals surface area contributed by atoms with Crippen LogP contribution in [-0.4, -0.2) is 0 Å². The highest BCUT2D eigenvalue weighted by molar-refractivity contribution is 7.10. The summed E-state index contributed by atoms with van der Waals surface area (Å²) < 4.78 is 38.9. The number of anilines is 1. The molecule has 0 aliphatic rings. The van der Waals surface area contributed by atoms with E-state index >= 15 is 0 Å². The van der Waals surface area contributed by atoms with Crippen molar-refractivity contribution < 1.29 is 13.2 Å². The highest BCUT2D eigenvalue weighted by Gasteiger charge is 2.32. The molecule has 1 nitrogen and oxygen atoms in total. The Morgan fingerprint density at radius 1 is 1.14 bits per heavy atom. The minimum absolute atomic E-state index is 0.00814. The van der Waals surface area contributed by atoms with E-state index in [1.54, 1.807) is 17.4 Å². The predicted octanol–water partition coefficient (Wildman–Crippen LogP) is 5.88. The van der Waals surface area contributed by atoms with Gasteiger partial charge in [-0.25, -0.2) is 0 Å². The van der Waals surface area contributed by atoms with Gasteiger partial charge in [-0.2, -0.15) is 13.2 Å². The molecule has 1 heterocycles. The standard InChI is InChI=1S/C16H18F3NS/c1-10(2)15(14-5-4-8-21-14)20-12-7-6-11(3)13(9-12)16(17,18)19/h4-10,15,20H,1-3H3. The number of halogens is 3. The fraction of sp³-hybridized carbons (Fsp3) is 0.375. The SMILES string of the molecule is Cc1ccc(NC(c2cccs2)C(C)C)cc1C(F)(F)F. The van der Waals surface area contributed by atoms with Crippen LogP contribution in [0.5, 0.6) is 0 Å². The molecule has 5 heteroatoms. The van der Waals surface area contributed by atoms with Gasteiger partial charge < -0.3 is 5.32 Å². The van der Waals surface area contributed by atoms with Crippen LogP contribution >= 0.6 is 11.3 Å². The maximum absolute atomic E-state index is 13.0. The van der Waals surface area contributed by atoms with Gasteiger partial charge in [0.2, 0.25) is 0 Å². The summed E-state index contributed by atoms with van der Waals surface area (Å²) in [5, 5.41) is 5.21. The molecule has 1 aromatic carbocycles. The first-order chi connectivity index (χ1) is 9.79. The van der Waals surface area contributed by atoms with Crippen molar-refractivity contribution in [3.63, 3.8) is 0 Å². The fourth-order valence-corrected chi connectivity index (χ4v) is 3.18. The van der Waals surface area contributed by atoms with E-state index in [-0.39, 0.29) is 17.5 Å². The van der Waals surface area contributed by atoms with E-state index in [0.29, 0.717) is 5.69 Å². The summed E-state index contributed by atoms with van der Waals surface area (Å²) in [4.78, 5) is 1.12. The van der Waals surface area contributed by atoms with Crippen LogP contribution in [0.25, 0.3) is 0 Å². The number of rotatable bonds is 4. The molecule has 21 heavy (non-hydrogen) atoms. The molecule has 0 saturated heterocycles. The van der Waals surface area contributed by atoms with E-state index in [0.717, 1.165) is 4.88 Å². The van der Waals surface area contributed by atoms with Crippen molar-refractivity contribution in [1.82, 2.24) is 0 Å². The van der Waals surface area contributed by atoms with Gasteiger partial charge in [0.25, 0.3) is 0 Å². The molecule has 0 aliphatic carbocycles. The summed E-state index contributed by atoms with van der Waals surface area (Å²) in [7, 11) is 0. The van der Waals surface area contributed by atoms with Crippen molar-refractivity contribution >= 4 is 17.0 Å². The lowest BCUT2D eigenvalue weighted by atomic mass is 10.0. The molecule has 1 N–H and O–H groups in total. The molecule has 1 atom stereocenters. The molecule has 0 amide bonds. The van der Waals surface area contributed by atoms with E-state index < -0.39 is 11.7 Å². The van der Waals surface area contributed by atoms with Crippen LogP contribution in [0.15, 0.2) is 35.7 Å². The zero-order valence-corrected chi connectivity index (χ0v) is 13.0. The molecule has 0 spiro atoms. The van der Waals surface area contributed by atoms with Gasteiger partial charge in [-0.05, 0) is 42.0 Å². The lowest BCUT2D eigenvalue weighted by Crippen LogP contribution is -2.16. The Balaban J connectivity index is 2.30. The normalized spacial score (nSPS) is 13.5. The van der Waals surface area contributed by atoms with Crippen LogP contribution in [0.1, 0.15) is 35.9 Å². The molecule has 1 aromatic heterocycles. The van der Waals surface area contributed by atoms with Gasteiger partial charge in [0.15, 0.2) is 0 Å². The van der Waals surface area contributed by atoms with Crippen LogP contribution in [0.2, 0.25) is 0 Å². The number of benzene rings is 1. The summed E-state index contributed by atoms with van der Waals surface area (Å²) in [6.07, 6.45) is -4.32. The molecule has 1 unspecified atom stereocenters. The van der Waals surface area contributed by atoms with Gasteiger partial charge in [0.1, 0.15) is 0 Å². The number of hydrogen-bond acceptors (Lipinski definition) is 2. The summed E-state index contributed by atoms with van der Waals surface area (Å²) >= 11 is 1.61. The fourth-order valence-electron chi connectivity index (χ4n) is 2.23. The third kappa shape index (κ3) is 3.79. The Hall–Kier alpha value is -1.49. The van der Waals surface area contributed by atoms with Crippen molar-refractivity contribution in [2.24, 2.45) is 5.92 Å². The summed E-state index contributed by atoms with van der Waals surface area (Å²) in [6.45, 7) is 5.58. The number of hydrogen-bond donors (Lipinski definition) is 1. The summed E-state index contributed by atoms with van der Waals surface area (Å²) in [5.41, 5.74) is 0.159. The van der Waals surface area contributed by atoms with E-state index in [2.05, 4.69) is 19.2 Å². The second kappa shape index (κ2) is 6.10.